The first kappa shape index (κ1) is 13.0. The largest absolute Gasteiger partial charge is 0.383 e. The molecule has 4 nitrogen and oxygen atoms in total. The van der Waals surface area contributed by atoms with Gasteiger partial charge in [-0.25, -0.2) is 9.97 Å². The van der Waals surface area contributed by atoms with Gasteiger partial charge < -0.3 is 10.8 Å². The van der Waals surface area contributed by atoms with Crippen molar-refractivity contribution >= 4 is 17.2 Å². The first-order valence-corrected chi connectivity index (χ1v) is 6.62. The van der Waals surface area contributed by atoms with Gasteiger partial charge in [-0.05, 0) is 6.07 Å². The summed E-state index contributed by atoms with van der Waals surface area (Å²) in [6.45, 7) is 6.29. The molecule has 2 aromatic rings. The van der Waals surface area contributed by atoms with Crippen molar-refractivity contribution in [2.24, 2.45) is 0 Å². The maximum Gasteiger partial charge on any atom is 0.129 e. The molecular formula is C13H17N3OS. The van der Waals surface area contributed by atoms with Crippen molar-refractivity contribution in [3.63, 3.8) is 0 Å². The highest BCUT2D eigenvalue weighted by Crippen LogP contribution is 2.31. The molecule has 1 unspecified atom stereocenters. The van der Waals surface area contributed by atoms with Gasteiger partial charge in [0.05, 0.1) is 10.7 Å². The summed E-state index contributed by atoms with van der Waals surface area (Å²) in [6, 6.07) is 3.52. The van der Waals surface area contributed by atoms with E-state index in [4.69, 9.17) is 5.73 Å². The third kappa shape index (κ3) is 2.52. The lowest BCUT2D eigenvalue weighted by molar-refractivity contribution is 0.216. The first-order valence-electron chi connectivity index (χ1n) is 5.74. The van der Waals surface area contributed by atoms with Crippen molar-refractivity contribution in [2.75, 3.05) is 5.73 Å². The normalized spacial score (nSPS) is 13.6. The molecule has 0 aliphatic heterocycles. The molecule has 0 fully saturated rings. The molecule has 0 saturated carbocycles. The minimum Gasteiger partial charge on any atom is -0.383 e. The maximum atomic E-state index is 10.3. The van der Waals surface area contributed by atoms with Crippen LogP contribution in [0.5, 0.6) is 0 Å². The quantitative estimate of drug-likeness (QED) is 0.873. The zero-order valence-electron chi connectivity index (χ0n) is 10.7. The lowest BCUT2D eigenvalue weighted by atomic mass is 9.98. The molecule has 2 rings (SSSR count). The summed E-state index contributed by atoms with van der Waals surface area (Å²) < 4.78 is 0. The molecule has 2 aromatic heterocycles. The zero-order chi connectivity index (χ0) is 13.3. The number of nitrogen functional groups attached to an aromatic ring is 1. The second kappa shape index (κ2) is 4.66. The van der Waals surface area contributed by atoms with Gasteiger partial charge in [-0.15, -0.1) is 11.3 Å². The third-order valence-corrected chi connectivity index (χ3v) is 3.90. The molecule has 0 spiro atoms. The Hall–Kier alpha value is -1.46. The number of anilines is 1. The number of pyridine rings is 1. The fraction of sp³-hybridized carbons (Fsp3) is 0.385. The van der Waals surface area contributed by atoms with Crippen molar-refractivity contribution in [1.29, 1.82) is 0 Å². The Morgan fingerprint density at radius 3 is 2.67 bits per heavy atom. The van der Waals surface area contributed by atoms with Crippen LogP contribution in [0.25, 0.3) is 0 Å². The molecule has 96 valence electrons. The molecule has 1 atom stereocenters. The fourth-order valence-corrected chi connectivity index (χ4v) is 2.50. The van der Waals surface area contributed by atoms with Gasteiger partial charge in [0.2, 0.25) is 0 Å². The van der Waals surface area contributed by atoms with E-state index in [1.54, 1.807) is 29.7 Å². The van der Waals surface area contributed by atoms with Gasteiger partial charge in [-0.1, -0.05) is 26.8 Å². The summed E-state index contributed by atoms with van der Waals surface area (Å²) in [5.41, 5.74) is 6.97. The number of nitrogens with two attached hydrogens (primary N) is 1. The van der Waals surface area contributed by atoms with Crippen LogP contribution in [0.2, 0.25) is 0 Å². The van der Waals surface area contributed by atoms with Crippen molar-refractivity contribution in [2.45, 2.75) is 32.3 Å². The third-order valence-electron chi connectivity index (χ3n) is 2.61. The van der Waals surface area contributed by atoms with Gasteiger partial charge in [0.1, 0.15) is 11.9 Å². The van der Waals surface area contributed by atoms with E-state index in [-0.39, 0.29) is 5.41 Å². The molecule has 5 heteroatoms. The number of thiazole rings is 1. The summed E-state index contributed by atoms with van der Waals surface area (Å²) in [4.78, 5) is 8.46. The number of aliphatic hydroxyl groups excluding tert-OH is 1. The van der Waals surface area contributed by atoms with Crippen LogP contribution in [0.15, 0.2) is 23.7 Å². The Morgan fingerprint density at radius 1 is 1.39 bits per heavy atom. The highest BCUT2D eigenvalue weighted by Gasteiger charge is 2.22. The SMILES string of the molecule is CC(C)(C)c1nc(C(O)c2cccnc2N)cs1. The number of rotatable bonds is 2. The molecular weight excluding hydrogens is 246 g/mol. The first-order chi connectivity index (χ1) is 8.39. The van der Waals surface area contributed by atoms with Crippen molar-refractivity contribution in [3.05, 3.63) is 40.0 Å². The molecule has 0 radical (unpaired) electrons. The highest BCUT2D eigenvalue weighted by molar-refractivity contribution is 7.09. The fourth-order valence-electron chi connectivity index (χ4n) is 1.58. The van der Waals surface area contributed by atoms with Crippen molar-refractivity contribution in [3.8, 4) is 0 Å². The van der Waals surface area contributed by atoms with Gasteiger partial charge in [0.25, 0.3) is 0 Å². The minimum absolute atomic E-state index is 0.0108. The highest BCUT2D eigenvalue weighted by atomic mass is 32.1. The van der Waals surface area contributed by atoms with Crippen molar-refractivity contribution < 1.29 is 5.11 Å². The second-order valence-electron chi connectivity index (χ2n) is 5.21. The van der Waals surface area contributed by atoms with Crippen LogP contribution in [0.3, 0.4) is 0 Å². The number of nitrogens with zero attached hydrogens (tertiary/aromatic N) is 2. The predicted octanol–water partition coefficient (Wildman–Crippen LogP) is 2.50. The van der Waals surface area contributed by atoms with E-state index < -0.39 is 6.10 Å². The number of aromatic nitrogens is 2. The van der Waals surface area contributed by atoms with Gasteiger partial charge in [-0.2, -0.15) is 0 Å². The second-order valence-corrected chi connectivity index (χ2v) is 6.07. The standard InChI is InChI=1S/C13H17N3OS/c1-13(2,3)12-16-9(7-18-12)10(17)8-5-4-6-15-11(8)14/h4-7,10,17H,1-3H3,(H2,14,15). The van der Waals surface area contributed by atoms with E-state index in [1.165, 1.54) is 0 Å². The van der Waals surface area contributed by atoms with E-state index in [2.05, 4.69) is 30.7 Å². The molecule has 0 amide bonds. The topological polar surface area (TPSA) is 72.0 Å². The van der Waals surface area contributed by atoms with Gasteiger partial charge in [-0.3, -0.25) is 0 Å². The molecule has 0 aliphatic rings. The van der Waals surface area contributed by atoms with Crippen LogP contribution < -0.4 is 5.73 Å². The summed E-state index contributed by atoms with van der Waals surface area (Å²) in [7, 11) is 0. The lowest BCUT2D eigenvalue weighted by Gasteiger charge is -2.14. The van der Waals surface area contributed by atoms with Crippen LogP contribution in [0, 0.1) is 0 Å². The lowest BCUT2D eigenvalue weighted by Crippen LogP contribution is -2.11. The predicted molar refractivity (Wildman–Crippen MR) is 73.5 cm³/mol. The summed E-state index contributed by atoms with van der Waals surface area (Å²) in [5, 5.41) is 13.1. The molecule has 0 aromatic carbocycles. The zero-order valence-corrected chi connectivity index (χ0v) is 11.5. The maximum absolute atomic E-state index is 10.3. The Balaban J connectivity index is 2.33. The van der Waals surface area contributed by atoms with Gasteiger partial charge in [0, 0.05) is 22.6 Å². The Kier molecular flexibility index (Phi) is 3.36. The number of hydrogen-bond donors (Lipinski definition) is 2. The van der Waals surface area contributed by atoms with E-state index in [1.807, 2.05) is 5.38 Å². The summed E-state index contributed by atoms with van der Waals surface area (Å²) in [6.07, 6.45) is 0.791. The molecule has 0 bridgehead atoms. The molecule has 2 heterocycles. The molecule has 18 heavy (non-hydrogen) atoms. The smallest absolute Gasteiger partial charge is 0.129 e. The summed E-state index contributed by atoms with van der Waals surface area (Å²) >= 11 is 1.55. The van der Waals surface area contributed by atoms with Gasteiger partial charge in [0.15, 0.2) is 0 Å². The number of hydrogen-bond acceptors (Lipinski definition) is 5. The van der Waals surface area contributed by atoms with Crippen LogP contribution >= 0.6 is 11.3 Å². The Labute approximate surface area is 111 Å². The Morgan fingerprint density at radius 2 is 2.11 bits per heavy atom. The molecule has 0 aliphatic carbocycles. The average molecular weight is 263 g/mol. The van der Waals surface area contributed by atoms with Crippen LogP contribution in [0.4, 0.5) is 5.82 Å². The van der Waals surface area contributed by atoms with Crippen LogP contribution in [-0.4, -0.2) is 15.1 Å². The van der Waals surface area contributed by atoms with Crippen LogP contribution in [0.1, 0.15) is 43.1 Å². The van der Waals surface area contributed by atoms with Crippen molar-refractivity contribution in [1.82, 2.24) is 9.97 Å². The van der Waals surface area contributed by atoms with E-state index in [9.17, 15) is 5.11 Å². The van der Waals surface area contributed by atoms with Crippen LogP contribution in [-0.2, 0) is 5.41 Å². The summed E-state index contributed by atoms with van der Waals surface area (Å²) in [5.74, 6) is 0.343. The van der Waals surface area contributed by atoms with Gasteiger partial charge >= 0.3 is 0 Å². The van der Waals surface area contributed by atoms with E-state index >= 15 is 0 Å². The minimum atomic E-state index is -0.814. The monoisotopic (exact) mass is 263 g/mol. The van der Waals surface area contributed by atoms with E-state index in [0.29, 0.717) is 17.1 Å². The molecule has 0 saturated heterocycles. The number of aliphatic hydroxyl groups is 1. The Bertz CT molecular complexity index is 545. The van der Waals surface area contributed by atoms with E-state index in [0.717, 1.165) is 5.01 Å². The average Bonchev–Trinajstić information content (AvgIpc) is 2.77. The molecule has 3 N–H and O–H groups in total.